The average Bonchev–Trinajstić information content (AvgIpc) is 2.49. The lowest BCUT2D eigenvalue weighted by molar-refractivity contribution is -0.156. The molecule has 1 fully saturated rings. The number of Topliss-reactive ketones (excluding diaryl/α,β-unsaturated/α-hetero) is 1. The molecular formula is C10H8O4. The van der Waals surface area contributed by atoms with Gasteiger partial charge in [0.25, 0.3) is 0 Å². The van der Waals surface area contributed by atoms with Crippen molar-refractivity contribution in [1.29, 1.82) is 0 Å². The molecule has 0 radical (unpaired) electrons. The van der Waals surface area contributed by atoms with Crippen molar-refractivity contribution in [1.82, 2.24) is 0 Å². The molecule has 0 bridgehead atoms. The maximum absolute atomic E-state index is 11.3. The number of benzene rings is 1. The van der Waals surface area contributed by atoms with Gasteiger partial charge in [0.2, 0.25) is 11.4 Å². The Hall–Kier alpha value is -1.68. The van der Waals surface area contributed by atoms with E-state index in [1.807, 2.05) is 0 Å². The Morgan fingerprint density at radius 2 is 1.86 bits per heavy atom. The first kappa shape index (κ1) is 8.90. The topological polar surface area (TPSA) is 63.6 Å². The Labute approximate surface area is 80.1 Å². The van der Waals surface area contributed by atoms with Crippen molar-refractivity contribution in [3.05, 3.63) is 35.9 Å². The van der Waals surface area contributed by atoms with Crippen LogP contribution in [0.25, 0.3) is 0 Å². The van der Waals surface area contributed by atoms with Crippen LogP contribution in [-0.2, 0) is 19.9 Å². The van der Waals surface area contributed by atoms with Crippen molar-refractivity contribution in [3.8, 4) is 0 Å². The highest BCUT2D eigenvalue weighted by atomic mass is 16.6. The van der Waals surface area contributed by atoms with E-state index >= 15 is 0 Å². The second kappa shape index (κ2) is 2.92. The summed E-state index contributed by atoms with van der Waals surface area (Å²) in [6.07, 6.45) is 0. The predicted octanol–water partition coefficient (Wildman–Crippen LogP) is 0.000100. The zero-order valence-corrected chi connectivity index (χ0v) is 7.27. The Morgan fingerprint density at radius 3 is 2.36 bits per heavy atom. The van der Waals surface area contributed by atoms with Crippen LogP contribution in [-0.4, -0.2) is 23.5 Å². The standard InChI is InChI=1S/C10H8O4/c11-8-6-14-9(12)10(8,13)7-4-2-1-3-5-7/h1-5,13H,6H2. The first-order chi connectivity index (χ1) is 6.65. The summed E-state index contributed by atoms with van der Waals surface area (Å²) in [6, 6.07) is 8.06. The molecule has 4 nitrogen and oxygen atoms in total. The summed E-state index contributed by atoms with van der Waals surface area (Å²) < 4.78 is 4.50. The van der Waals surface area contributed by atoms with Crippen LogP contribution < -0.4 is 0 Å². The minimum Gasteiger partial charge on any atom is -0.455 e. The fourth-order valence-electron chi connectivity index (χ4n) is 1.41. The van der Waals surface area contributed by atoms with Gasteiger partial charge in [0.15, 0.2) is 6.61 Å². The monoisotopic (exact) mass is 192 g/mol. The molecule has 2 rings (SSSR count). The van der Waals surface area contributed by atoms with Gasteiger partial charge in [0.1, 0.15) is 0 Å². The number of rotatable bonds is 1. The second-order valence-corrected chi connectivity index (χ2v) is 3.08. The molecule has 1 atom stereocenters. The highest BCUT2D eigenvalue weighted by Gasteiger charge is 2.52. The number of ether oxygens (including phenoxy) is 1. The molecule has 0 spiro atoms. The van der Waals surface area contributed by atoms with Crippen LogP contribution in [0.4, 0.5) is 0 Å². The molecule has 14 heavy (non-hydrogen) atoms. The van der Waals surface area contributed by atoms with Gasteiger partial charge >= 0.3 is 5.97 Å². The highest BCUT2D eigenvalue weighted by molar-refractivity contribution is 6.12. The Kier molecular flexibility index (Phi) is 1.86. The lowest BCUT2D eigenvalue weighted by Gasteiger charge is -2.15. The quantitative estimate of drug-likeness (QED) is 0.502. The van der Waals surface area contributed by atoms with Gasteiger partial charge in [0, 0.05) is 5.56 Å². The van der Waals surface area contributed by atoms with E-state index in [4.69, 9.17) is 0 Å². The van der Waals surface area contributed by atoms with Gasteiger partial charge in [-0.2, -0.15) is 0 Å². The summed E-state index contributed by atoms with van der Waals surface area (Å²) in [5.74, 6) is -1.51. The summed E-state index contributed by atoms with van der Waals surface area (Å²) in [5, 5.41) is 9.88. The van der Waals surface area contributed by atoms with E-state index in [0.29, 0.717) is 0 Å². The van der Waals surface area contributed by atoms with E-state index in [0.717, 1.165) is 0 Å². The maximum Gasteiger partial charge on any atom is 0.351 e. The van der Waals surface area contributed by atoms with E-state index in [1.54, 1.807) is 18.2 Å². The van der Waals surface area contributed by atoms with E-state index in [2.05, 4.69) is 4.74 Å². The summed E-state index contributed by atoms with van der Waals surface area (Å²) in [4.78, 5) is 22.5. The number of carbonyl (C=O) groups is 2. The van der Waals surface area contributed by atoms with Crippen molar-refractivity contribution in [2.75, 3.05) is 6.61 Å². The molecule has 1 heterocycles. The van der Waals surface area contributed by atoms with Gasteiger partial charge in [-0.15, -0.1) is 0 Å². The smallest absolute Gasteiger partial charge is 0.351 e. The molecule has 1 N–H and O–H groups in total. The van der Waals surface area contributed by atoms with Gasteiger partial charge in [0.05, 0.1) is 0 Å². The van der Waals surface area contributed by atoms with Crippen molar-refractivity contribution >= 4 is 11.8 Å². The molecule has 1 saturated heterocycles. The van der Waals surface area contributed by atoms with Crippen LogP contribution in [0, 0.1) is 0 Å². The molecule has 0 amide bonds. The SMILES string of the molecule is O=C1COC(=O)C1(O)c1ccccc1. The molecular weight excluding hydrogens is 184 g/mol. The number of carbonyl (C=O) groups excluding carboxylic acids is 2. The number of aliphatic hydroxyl groups is 1. The molecule has 0 saturated carbocycles. The van der Waals surface area contributed by atoms with Crippen LogP contribution in [0.15, 0.2) is 30.3 Å². The van der Waals surface area contributed by atoms with Crippen LogP contribution in [0.1, 0.15) is 5.56 Å². The number of hydrogen-bond acceptors (Lipinski definition) is 4. The number of ketones is 1. The first-order valence-corrected chi connectivity index (χ1v) is 4.14. The molecule has 72 valence electrons. The minimum absolute atomic E-state index is 0.257. The van der Waals surface area contributed by atoms with Crippen LogP contribution >= 0.6 is 0 Å². The molecule has 4 heteroatoms. The zero-order chi connectivity index (χ0) is 10.2. The molecule has 1 aromatic carbocycles. The molecule has 1 aliphatic heterocycles. The molecule has 0 aromatic heterocycles. The largest absolute Gasteiger partial charge is 0.455 e. The first-order valence-electron chi connectivity index (χ1n) is 4.14. The molecule has 1 aromatic rings. The van der Waals surface area contributed by atoms with Gasteiger partial charge in [-0.3, -0.25) is 4.79 Å². The number of cyclic esters (lactones) is 1. The van der Waals surface area contributed by atoms with E-state index in [9.17, 15) is 14.7 Å². The lowest BCUT2D eigenvalue weighted by Crippen LogP contribution is -2.38. The van der Waals surface area contributed by atoms with Gasteiger partial charge in [-0.25, -0.2) is 4.79 Å². The predicted molar refractivity (Wildman–Crippen MR) is 46.3 cm³/mol. The minimum atomic E-state index is -2.10. The number of hydrogen-bond donors (Lipinski definition) is 1. The van der Waals surface area contributed by atoms with Crippen LogP contribution in [0.2, 0.25) is 0 Å². The molecule has 0 aliphatic carbocycles. The molecule has 1 aliphatic rings. The van der Waals surface area contributed by atoms with Gasteiger partial charge in [-0.05, 0) is 0 Å². The Morgan fingerprint density at radius 1 is 1.21 bits per heavy atom. The summed E-state index contributed by atoms with van der Waals surface area (Å²) in [5.41, 5.74) is -1.84. The van der Waals surface area contributed by atoms with Crippen molar-refractivity contribution in [3.63, 3.8) is 0 Å². The van der Waals surface area contributed by atoms with E-state index in [-0.39, 0.29) is 12.2 Å². The fraction of sp³-hybridized carbons (Fsp3) is 0.200. The Balaban J connectivity index is 2.51. The third kappa shape index (κ3) is 1.04. The van der Waals surface area contributed by atoms with Gasteiger partial charge in [-0.1, -0.05) is 30.3 Å². The lowest BCUT2D eigenvalue weighted by atomic mass is 9.92. The third-order valence-corrected chi connectivity index (χ3v) is 2.22. The Bertz CT molecular complexity index is 366. The van der Waals surface area contributed by atoms with Gasteiger partial charge < -0.3 is 9.84 Å². The summed E-state index contributed by atoms with van der Waals surface area (Å²) in [7, 11) is 0. The van der Waals surface area contributed by atoms with E-state index < -0.39 is 17.4 Å². The van der Waals surface area contributed by atoms with Crippen molar-refractivity contribution in [2.45, 2.75) is 5.60 Å². The van der Waals surface area contributed by atoms with Crippen molar-refractivity contribution < 1.29 is 19.4 Å². The third-order valence-electron chi connectivity index (χ3n) is 2.22. The maximum atomic E-state index is 11.3. The molecule has 1 unspecified atom stereocenters. The normalized spacial score (nSPS) is 26.4. The average molecular weight is 192 g/mol. The van der Waals surface area contributed by atoms with E-state index in [1.165, 1.54) is 12.1 Å². The summed E-state index contributed by atoms with van der Waals surface area (Å²) >= 11 is 0. The second-order valence-electron chi connectivity index (χ2n) is 3.08. The number of esters is 1. The van der Waals surface area contributed by atoms with Crippen LogP contribution in [0.3, 0.4) is 0 Å². The highest BCUT2D eigenvalue weighted by Crippen LogP contribution is 2.28. The van der Waals surface area contributed by atoms with Crippen LogP contribution in [0.5, 0.6) is 0 Å². The van der Waals surface area contributed by atoms with Crippen molar-refractivity contribution in [2.24, 2.45) is 0 Å². The summed E-state index contributed by atoms with van der Waals surface area (Å²) in [6.45, 7) is -0.357. The fourth-order valence-corrected chi connectivity index (χ4v) is 1.41. The zero-order valence-electron chi connectivity index (χ0n) is 7.27.